The van der Waals surface area contributed by atoms with Crippen LogP contribution in [0.2, 0.25) is 0 Å². The molecule has 102 valence electrons. The van der Waals surface area contributed by atoms with Crippen molar-refractivity contribution in [3.63, 3.8) is 0 Å². The van der Waals surface area contributed by atoms with E-state index in [0.717, 1.165) is 41.7 Å². The highest BCUT2D eigenvalue weighted by atomic mass is 16.2. The summed E-state index contributed by atoms with van der Waals surface area (Å²) in [7, 11) is 0. The largest absolute Gasteiger partial charge is 0.346 e. The summed E-state index contributed by atoms with van der Waals surface area (Å²) < 4.78 is 0. The number of hydrogen-bond donors (Lipinski definition) is 2. The number of aliphatic imine (C=N–C) groups is 1. The highest BCUT2D eigenvalue weighted by Crippen LogP contribution is 2.20. The number of aromatic amines is 1. The topological polar surface area (TPSA) is 70.1 Å². The van der Waals surface area contributed by atoms with Gasteiger partial charge in [-0.15, -0.1) is 0 Å². The summed E-state index contributed by atoms with van der Waals surface area (Å²) in [5.74, 6) is 0.635. The van der Waals surface area contributed by atoms with Gasteiger partial charge in [0, 0.05) is 29.8 Å². The minimum absolute atomic E-state index is 0.130. The Kier molecular flexibility index (Phi) is 3.33. The van der Waals surface area contributed by atoms with Gasteiger partial charge in [0.1, 0.15) is 17.2 Å². The number of carbonyl (C=O) groups excluding carboxylic acids is 1. The van der Waals surface area contributed by atoms with Crippen LogP contribution in [-0.4, -0.2) is 21.7 Å². The molecule has 0 saturated heterocycles. The Balaban J connectivity index is 1.91. The quantitative estimate of drug-likeness (QED) is 0.837. The fraction of sp³-hybridized carbons (Fsp3) is 0.267. The van der Waals surface area contributed by atoms with Crippen LogP contribution in [0.5, 0.6) is 0 Å². The molecule has 2 N–H and O–H groups in total. The molecule has 0 saturated carbocycles. The van der Waals surface area contributed by atoms with Gasteiger partial charge in [0.25, 0.3) is 5.91 Å². The van der Waals surface area contributed by atoms with Crippen molar-refractivity contribution in [2.24, 2.45) is 4.99 Å². The summed E-state index contributed by atoms with van der Waals surface area (Å²) in [6.45, 7) is 2.12. The van der Waals surface area contributed by atoms with Gasteiger partial charge in [-0.1, -0.05) is 13.3 Å². The molecule has 0 aliphatic carbocycles. The summed E-state index contributed by atoms with van der Waals surface area (Å²) in [5.41, 5.74) is 2.20. The lowest BCUT2D eigenvalue weighted by atomic mass is 10.2. The van der Waals surface area contributed by atoms with Crippen LogP contribution in [-0.2, 0) is 4.79 Å². The lowest BCUT2D eigenvalue weighted by molar-refractivity contribution is -0.115. The van der Waals surface area contributed by atoms with Crippen molar-refractivity contribution < 1.29 is 4.79 Å². The molecule has 3 rings (SSSR count). The van der Waals surface area contributed by atoms with Gasteiger partial charge in [0.15, 0.2) is 0 Å². The number of amides is 1. The van der Waals surface area contributed by atoms with Crippen molar-refractivity contribution in [2.45, 2.75) is 26.2 Å². The molecule has 2 aromatic rings. The summed E-state index contributed by atoms with van der Waals surface area (Å²) in [6, 6.07) is 3.85. The van der Waals surface area contributed by atoms with Gasteiger partial charge in [-0.05, 0) is 24.6 Å². The summed E-state index contributed by atoms with van der Waals surface area (Å²) in [5, 5.41) is 3.81. The first kappa shape index (κ1) is 12.6. The zero-order valence-corrected chi connectivity index (χ0v) is 11.3. The summed E-state index contributed by atoms with van der Waals surface area (Å²) in [4.78, 5) is 23.6. The van der Waals surface area contributed by atoms with Gasteiger partial charge in [-0.2, -0.15) is 0 Å². The number of pyridine rings is 1. The Hall–Kier alpha value is -2.43. The molecule has 0 fully saturated rings. The summed E-state index contributed by atoms with van der Waals surface area (Å²) >= 11 is 0. The number of hydrogen-bond acceptors (Lipinski definition) is 3. The zero-order chi connectivity index (χ0) is 13.9. The van der Waals surface area contributed by atoms with Gasteiger partial charge in [0.05, 0.1) is 0 Å². The van der Waals surface area contributed by atoms with Crippen LogP contribution in [0.1, 0.15) is 31.7 Å². The number of nitrogens with zero attached hydrogens (tertiary/aromatic N) is 2. The van der Waals surface area contributed by atoms with E-state index >= 15 is 0 Å². The van der Waals surface area contributed by atoms with Crippen molar-refractivity contribution in [1.29, 1.82) is 0 Å². The minimum Gasteiger partial charge on any atom is -0.346 e. The Morgan fingerprint density at radius 3 is 3.15 bits per heavy atom. The van der Waals surface area contributed by atoms with Crippen molar-refractivity contribution in [2.75, 3.05) is 0 Å². The Bertz CT molecular complexity index is 711. The van der Waals surface area contributed by atoms with Crippen LogP contribution in [0.15, 0.2) is 35.2 Å². The molecule has 1 aliphatic rings. The number of amidine groups is 1. The minimum atomic E-state index is -0.130. The predicted molar refractivity (Wildman–Crippen MR) is 79.2 cm³/mol. The maximum Gasteiger partial charge on any atom is 0.275 e. The van der Waals surface area contributed by atoms with Gasteiger partial charge >= 0.3 is 0 Å². The van der Waals surface area contributed by atoms with E-state index in [1.54, 1.807) is 12.3 Å². The van der Waals surface area contributed by atoms with Gasteiger partial charge in [-0.3, -0.25) is 4.79 Å². The zero-order valence-electron chi connectivity index (χ0n) is 11.3. The molecule has 20 heavy (non-hydrogen) atoms. The van der Waals surface area contributed by atoms with Crippen LogP contribution in [0, 0.1) is 0 Å². The monoisotopic (exact) mass is 268 g/mol. The standard InChI is InChI=1S/C15H16N4O/c1-2-3-6-13-18-12(15(20)19-13)8-10-9-17-14-11(10)5-4-7-16-14/h4-5,7-9H,2-3,6H2,1H3,(H,16,17)(H,18,19,20)/b12-8-. The second-order valence-electron chi connectivity index (χ2n) is 4.79. The van der Waals surface area contributed by atoms with E-state index in [1.807, 2.05) is 18.3 Å². The third-order valence-electron chi connectivity index (χ3n) is 3.29. The Labute approximate surface area is 116 Å². The number of unbranched alkanes of at least 4 members (excludes halogenated alkanes) is 1. The van der Waals surface area contributed by atoms with Crippen LogP contribution < -0.4 is 5.32 Å². The number of carbonyl (C=O) groups is 1. The van der Waals surface area contributed by atoms with E-state index in [-0.39, 0.29) is 5.91 Å². The van der Waals surface area contributed by atoms with Crippen molar-refractivity contribution in [3.8, 4) is 0 Å². The normalized spacial score (nSPS) is 16.8. The van der Waals surface area contributed by atoms with Crippen molar-refractivity contribution >= 4 is 28.9 Å². The maximum absolute atomic E-state index is 11.9. The van der Waals surface area contributed by atoms with Crippen molar-refractivity contribution in [3.05, 3.63) is 35.8 Å². The average Bonchev–Trinajstić information content (AvgIpc) is 3.02. The first-order valence-electron chi connectivity index (χ1n) is 6.80. The number of H-pyrrole nitrogens is 1. The molecular formula is C15H16N4O. The second kappa shape index (κ2) is 5.28. The van der Waals surface area contributed by atoms with E-state index in [9.17, 15) is 4.79 Å². The smallest absolute Gasteiger partial charge is 0.275 e. The first-order chi connectivity index (χ1) is 9.78. The Morgan fingerprint density at radius 2 is 2.30 bits per heavy atom. The van der Waals surface area contributed by atoms with Crippen LogP contribution in [0.25, 0.3) is 17.1 Å². The van der Waals surface area contributed by atoms with E-state index in [4.69, 9.17) is 0 Å². The second-order valence-corrected chi connectivity index (χ2v) is 4.79. The van der Waals surface area contributed by atoms with Crippen LogP contribution in [0.4, 0.5) is 0 Å². The number of fused-ring (bicyclic) bond motifs is 1. The molecule has 1 aliphatic heterocycles. The van der Waals surface area contributed by atoms with E-state index < -0.39 is 0 Å². The third kappa shape index (κ3) is 2.34. The average molecular weight is 268 g/mol. The SMILES string of the molecule is CCCCC1=N/C(=C\c2c[nH]c3ncccc23)C(=O)N1. The fourth-order valence-corrected chi connectivity index (χ4v) is 2.22. The number of rotatable bonds is 4. The summed E-state index contributed by atoms with van der Waals surface area (Å²) in [6.07, 6.45) is 8.31. The highest BCUT2D eigenvalue weighted by molar-refractivity contribution is 6.14. The molecule has 5 nitrogen and oxygen atoms in total. The van der Waals surface area contributed by atoms with Crippen LogP contribution >= 0.6 is 0 Å². The molecule has 3 heterocycles. The van der Waals surface area contributed by atoms with Gasteiger partial charge < -0.3 is 10.3 Å². The lowest BCUT2D eigenvalue weighted by Gasteiger charge is -1.96. The molecule has 0 radical (unpaired) electrons. The van der Waals surface area contributed by atoms with Gasteiger partial charge in [0.2, 0.25) is 0 Å². The van der Waals surface area contributed by atoms with E-state index in [0.29, 0.717) is 5.70 Å². The molecule has 0 aromatic carbocycles. The van der Waals surface area contributed by atoms with Crippen molar-refractivity contribution in [1.82, 2.24) is 15.3 Å². The first-order valence-corrected chi connectivity index (χ1v) is 6.80. The fourth-order valence-electron chi connectivity index (χ4n) is 2.22. The Morgan fingerprint density at radius 1 is 1.40 bits per heavy atom. The molecule has 2 aromatic heterocycles. The van der Waals surface area contributed by atoms with E-state index in [1.165, 1.54) is 0 Å². The maximum atomic E-state index is 11.9. The molecule has 0 unspecified atom stereocenters. The molecule has 1 amide bonds. The molecule has 5 heteroatoms. The number of nitrogens with one attached hydrogen (secondary N) is 2. The predicted octanol–water partition coefficient (Wildman–Crippen LogP) is 2.62. The molecule has 0 bridgehead atoms. The van der Waals surface area contributed by atoms with E-state index in [2.05, 4.69) is 27.2 Å². The molecule has 0 atom stereocenters. The van der Waals surface area contributed by atoms with Gasteiger partial charge in [-0.25, -0.2) is 9.98 Å². The van der Waals surface area contributed by atoms with Crippen LogP contribution in [0.3, 0.4) is 0 Å². The lowest BCUT2D eigenvalue weighted by Crippen LogP contribution is -2.23. The number of aromatic nitrogens is 2. The highest BCUT2D eigenvalue weighted by Gasteiger charge is 2.19. The molecular weight excluding hydrogens is 252 g/mol. The molecule has 0 spiro atoms. The third-order valence-corrected chi connectivity index (χ3v) is 3.29.